The topological polar surface area (TPSA) is 82.2 Å². The summed E-state index contributed by atoms with van der Waals surface area (Å²) in [5, 5.41) is 3.00. The number of urea groups is 1. The Balaban J connectivity index is 2.00. The van der Waals surface area contributed by atoms with Crippen molar-refractivity contribution in [2.45, 2.75) is 53.1 Å². The summed E-state index contributed by atoms with van der Waals surface area (Å²) < 4.78 is 5.44. The minimum absolute atomic E-state index is 0.0652. The Morgan fingerprint density at radius 2 is 1.91 bits per heavy atom. The van der Waals surface area contributed by atoms with Crippen LogP contribution in [-0.2, 0) is 14.3 Å². The molecule has 0 spiro atoms. The second-order valence-electron chi connectivity index (χ2n) is 8.91. The van der Waals surface area contributed by atoms with E-state index in [4.69, 9.17) is 4.74 Å². The minimum atomic E-state index is -0.581. The summed E-state index contributed by atoms with van der Waals surface area (Å²) in [6, 6.07) is 5.27. The van der Waals surface area contributed by atoms with Crippen LogP contribution in [0.25, 0.3) is 0 Å². The van der Waals surface area contributed by atoms with E-state index in [1.807, 2.05) is 50.8 Å². The van der Waals surface area contributed by atoms with Gasteiger partial charge in [-0.3, -0.25) is 14.6 Å². The molecule has 1 aromatic carbocycles. The molecule has 0 unspecified atom stereocenters. The number of hydrogen-bond acceptors (Lipinski definition) is 5. The first-order chi connectivity index (χ1) is 15.7. The molecule has 8 heteroatoms. The van der Waals surface area contributed by atoms with Gasteiger partial charge in [-0.1, -0.05) is 30.7 Å². The summed E-state index contributed by atoms with van der Waals surface area (Å²) in [4.78, 5) is 44.0. The molecular weight excluding hydrogens is 420 g/mol. The number of esters is 1. The van der Waals surface area contributed by atoms with Crippen LogP contribution in [0.5, 0.6) is 0 Å². The Morgan fingerprint density at radius 3 is 2.55 bits per heavy atom. The quantitative estimate of drug-likeness (QED) is 0.666. The molecule has 2 aliphatic heterocycles. The van der Waals surface area contributed by atoms with Crippen molar-refractivity contribution in [2.75, 3.05) is 39.8 Å². The molecule has 0 saturated carbocycles. The average Bonchev–Trinajstić information content (AvgIpc) is 2.78. The fourth-order valence-corrected chi connectivity index (χ4v) is 4.66. The maximum absolute atomic E-state index is 13.2. The van der Waals surface area contributed by atoms with Crippen LogP contribution in [0.3, 0.4) is 0 Å². The van der Waals surface area contributed by atoms with Gasteiger partial charge in [-0.25, -0.2) is 9.59 Å². The van der Waals surface area contributed by atoms with Gasteiger partial charge in [-0.15, -0.1) is 0 Å². The number of hydrogen-bond donors (Lipinski definition) is 1. The zero-order valence-corrected chi connectivity index (χ0v) is 20.6. The van der Waals surface area contributed by atoms with Gasteiger partial charge in [-0.2, -0.15) is 0 Å². The van der Waals surface area contributed by atoms with E-state index in [-0.39, 0.29) is 24.6 Å². The molecule has 1 saturated heterocycles. The summed E-state index contributed by atoms with van der Waals surface area (Å²) in [5.74, 6) is -0.268. The number of amides is 3. The average molecular weight is 457 g/mol. The van der Waals surface area contributed by atoms with Crippen molar-refractivity contribution in [3.63, 3.8) is 0 Å². The highest BCUT2D eigenvalue weighted by atomic mass is 16.5. The van der Waals surface area contributed by atoms with Gasteiger partial charge in [0.15, 0.2) is 0 Å². The fraction of sp³-hybridized carbons (Fsp3) is 0.560. The summed E-state index contributed by atoms with van der Waals surface area (Å²) in [6.07, 6.45) is 0.489. The lowest BCUT2D eigenvalue weighted by Gasteiger charge is -2.42. The van der Waals surface area contributed by atoms with E-state index < -0.39 is 12.0 Å². The largest absolute Gasteiger partial charge is 0.463 e. The van der Waals surface area contributed by atoms with Gasteiger partial charge in [0.05, 0.1) is 18.2 Å². The lowest BCUT2D eigenvalue weighted by molar-refractivity contribution is -0.139. The zero-order chi connectivity index (χ0) is 24.3. The number of piperazine rings is 1. The van der Waals surface area contributed by atoms with Gasteiger partial charge in [0, 0.05) is 51.4 Å². The molecule has 3 rings (SSSR count). The van der Waals surface area contributed by atoms with Gasteiger partial charge in [0.2, 0.25) is 5.91 Å². The third kappa shape index (κ3) is 5.21. The Labute approximate surface area is 196 Å². The maximum atomic E-state index is 13.2. The molecule has 2 aliphatic rings. The molecule has 0 aromatic heterocycles. The van der Waals surface area contributed by atoms with Gasteiger partial charge in [-0.05, 0) is 38.8 Å². The lowest BCUT2D eigenvalue weighted by atomic mass is 9.90. The first kappa shape index (κ1) is 24.8. The van der Waals surface area contributed by atoms with Crippen LogP contribution in [0.4, 0.5) is 4.79 Å². The number of rotatable bonds is 6. The standard InChI is InChI=1S/C25H36N4O4/c1-7-21(30)29-12-11-28(14-18(29)5)15-20-22(24(31)33-8-2)23(26-25(32)27(20)6)19-13-16(3)9-10-17(19)4/h9-10,13,18,23H,7-8,11-12,14-15H2,1-6H3,(H,26,32)/t18-,23-/m1/s1. The van der Waals surface area contributed by atoms with E-state index in [0.29, 0.717) is 43.9 Å². The van der Waals surface area contributed by atoms with Crippen molar-refractivity contribution in [3.05, 3.63) is 46.2 Å². The van der Waals surface area contributed by atoms with Crippen LogP contribution in [0.2, 0.25) is 0 Å². The van der Waals surface area contributed by atoms with Crippen molar-refractivity contribution < 1.29 is 19.1 Å². The van der Waals surface area contributed by atoms with Crippen LogP contribution < -0.4 is 5.32 Å². The number of benzene rings is 1. The first-order valence-electron chi connectivity index (χ1n) is 11.7. The number of nitrogens with zero attached hydrogens (tertiary/aromatic N) is 3. The van der Waals surface area contributed by atoms with E-state index in [1.165, 1.54) is 4.90 Å². The van der Waals surface area contributed by atoms with Gasteiger partial charge >= 0.3 is 12.0 Å². The predicted molar refractivity (Wildman–Crippen MR) is 127 cm³/mol. The van der Waals surface area contributed by atoms with Crippen LogP contribution >= 0.6 is 0 Å². The number of ether oxygens (including phenoxy) is 1. The molecule has 1 aromatic rings. The number of carbonyl (C=O) groups is 3. The van der Waals surface area contributed by atoms with Gasteiger partial charge in [0.25, 0.3) is 0 Å². The predicted octanol–water partition coefficient (Wildman–Crippen LogP) is 2.76. The number of aryl methyl sites for hydroxylation is 2. The van der Waals surface area contributed by atoms with Crippen LogP contribution in [0.1, 0.15) is 49.9 Å². The maximum Gasteiger partial charge on any atom is 0.338 e. The molecule has 1 N–H and O–H groups in total. The van der Waals surface area contributed by atoms with Gasteiger partial charge in [0.1, 0.15) is 0 Å². The lowest BCUT2D eigenvalue weighted by Crippen LogP contribution is -2.56. The summed E-state index contributed by atoms with van der Waals surface area (Å²) in [5.41, 5.74) is 4.05. The molecule has 33 heavy (non-hydrogen) atoms. The van der Waals surface area contributed by atoms with Crippen molar-refractivity contribution in [1.29, 1.82) is 0 Å². The monoisotopic (exact) mass is 456 g/mol. The summed E-state index contributed by atoms with van der Waals surface area (Å²) in [6.45, 7) is 12.3. The molecule has 2 atom stereocenters. The highest BCUT2D eigenvalue weighted by Gasteiger charge is 2.38. The second kappa shape index (κ2) is 10.4. The molecule has 2 heterocycles. The number of nitrogens with one attached hydrogen (secondary N) is 1. The smallest absolute Gasteiger partial charge is 0.338 e. The van der Waals surface area contributed by atoms with Crippen molar-refractivity contribution in [2.24, 2.45) is 0 Å². The molecule has 3 amide bonds. The Hall–Kier alpha value is -2.87. The molecule has 180 valence electrons. The van der Waals surface area contributed by atoms with Crippen molar-refractivity contribution in [3.8, 4) is 0 Å². The molecule has 0 radical (unpaired) electrons. The summed E-state index contributed by atoms with van der Waals surface area (Å²) >= 11 is 0. The molecule has 0 bridgehead atoms. The Kier molecular flexibility index (Phi) is 7.79. The normalized spacial score (nSPS) is 21.8. The zero-order valence-electron chi connectivity index (χ0n) is 20.6. The molecule has 0 aliphatic carbocycles. The Bertz CT molecular complexity index is 958. The number of likely N-dealkylation sites (N-methyl/N-ethyl adjacent to an activating group) is 1. The number of carbonyl (C=O) groups excluding carboxylic acids is 3. The second-order valence-corrected chi connectivity index (χ2v) is 8.91. The highest BCUT2D eigenvalue weighted by molar-refractivity contribution is 5.95. The SMILES string of the molecule is CCOC(=O)C1=C(CN2CCN(C(=O)CC)[C@H](C)C2)N(C)C(=O)N[C@@H]1c1cc(C)ccc1C. The van der Waals surface area contributed by atoms with E-state index >= 15 is 0 Å². The first-order valence-corrected chi connectivity index (χ1v) is 11.7. The van der Waals surface area contributed by atoms with E-state index in [2.05, 4.69) is 10.2 Å². The van der Waals surface area contributed by atoms with Crippen molar-refractivity contribution >= 4 is 17.9 Å². The van der Waals surface area contributed by atoms with E-state index in [0.717, 1.165) is 16.7 Å². The molecular formula is C25H36N4O4. The Morgan fingerprint density at radius 1 is 1.18 bits per heavy atom. The fourth-order valence-electron chi connectivity index (χ4n) is 4.66. The van der Waals surface area contributed by atoms with E-state index in [1.54, 1.807) is 14.0 Å². The summed E-state index contributed by atoms with van der Waals surface area (Å²) in [7, 11) is 1.68. The van der Waals surface area contributed by atoms with E-state index in [9.17, 15) is 14.4 Å². The van der Waals surface area contributed by atoms with Crippen molar-refractivity contribution in [1.82, 2.24) is 20.0 Å². The molecule has 8 nitrogen and oxygen atoms in total. The van der Waals surface area contributed by atoms with Gasteiger partial charge < -0.3 is 15.0 Å². The minimum Gasteiger partial charge on any atom is -0.463 e. The van der Waals surface area contributed by atoms with Crippen LogP contribution in [0, 0.1) is 13.8 Å². The van der Waals surface area contributed by atoms with Crippen LogP contribution in [0.15, 0.2) is 29.5 Å². The van der Waals surface area contributed by atoms with Crippen LogP contribution in [-0.4, -0.2) is 78.5 Å². The molecule has 1 fully saturated rings. The third-order valence-corrected chi connectivity index (χ3v) is 6.53. The third-order valence-electron chi connectivity index (χ3n) is 6.53. The highest BCUT2D eigenvalue weighted by Crippen LogP contribution is 2.33.